The molecule has 4 nitrogen and oxygen atoms in total. The fraction of sp³-hybridized carbons (Fsp3) is 0.938. The number of ether oxygens (including phenoxy) is 1. The van der Waals surface area contributed by atoms with Gasteiger partial charge in [-0.2, -0.15) is 0 Å². The normalized spacial score (nSPS) is 29.3. The Morgan fingerprint density at radius 3 is 2.81 bits per heavy atom. The topological polar surface area (TPSA) is 50.4 Å². The molecule has 4 unspecified atom stereocenters. The predicted molar refractivity (Wildman–Crippen MR) is 87.9 cm³/mol. The molecule has 0 aromatic carbocycles. The first-order valence-corrected chi connectivity index (χ1v) is 8.30. The molecule has 1 heterocycles. The van der Waals surface area contributed by atoms with E-state index < -0.39 is 0 Å². The highest BCUT2D eigenvalue weighted by Gasteiger charge is 2.38. The second-order valence-corrected chi connectivity index (χ2v) is 6.41. The maximum Gasteiger partial charge on any atom is 0.237 e. The summed E-state index contributed by atoms with van der Waals surface area (Å²) in [6, 6.07) is 0.761. The Labute approximate surface area is 135 Å². The molecule has 1 aliphatic carbocycles. The Bertz CT molecular complexity index is 301. The van der Waals surface area contributed by atoms with Gasteiger partial charge in [0.25, 0.3) is 0 Å². The van der Waals surface area contributed by atoms with Gasteiger partial charge in [0, 0.05) is 13.2 Å². The Morgan fingerprint density at radius 2 is 2.14 bits per heavy atom. The van der Waals surface area contributed by atoms with E-state index in [1.807, 2.05) is 0 Å². The molecule has 4 atom stereocenters. The van der Waals surface area contributed by atoms with E-state index in [2.05, 4.69) is 17.6 Å². The van der Waals surface area contributed by atoms with Gasteiger partial charge in [-0.05, 0) is 31.6 Å². The summed E-state index contributed by atoms with van der Waals surface area (Å²) < 4.78 is 5.22. The van der Waals surface area contributed by atoms with Crippen LogP contribution in [0.4, 0.5) is 0 Å². The van der Waals surface area contributed by atoms with Crippen molar-refractivity contribution in [2.75, 3.05) is 13.7 Å². The number of rotatable bonds is 7. The predicted octanol–water partition coefficient (Wildman–Crippen LogP) is 2.65. The summed E-state index contributed by atoms with van der Waals surface area (Å²) in [6.45, 7) is 2.79. The van der Waals surface area contributed by atoms with Crippen molar-refractivity contribution in [2.45, 2.75) is 76.4 Å². The fourth-order valence-corrected chi connectivity index (χ4v) is 3.67. The number of carbonyl (C=O) groups excluding carboxylic acids is 1. The minimum Gasteiger partial charge on any atom is -0.383 e. The van der Waals surface area contributed by atoms with Crippen molar-refractivity contribution >= 4 is 18.3 Å². The number of amides is 1. The second-order valence-electron chi connectivity index (χ2n) is 6.41. The van der Waals surface area contributed by atoms with Gasteiger partial charge in [0.15, 0.2) is 0 Å². The van der Waals surface area contributed by atoms with Crippen LogP contribution in [0.3, 0.4) is 0 Å². The summed E-state index contributed by atoms with van der Waals surface area (Å²) >= 11 is 0. The first-order valence-electron chi connectivity index (χ1n) is 8.30. The third-order valence-electron chi connectivity index (χ3n) is 4.80. The number of hydrogen-bond donors (Lipinski definition) is 2. The van der Waals surface area contributed by atoms with Crippen LogP contribution in [0.1, 0.15) is 58.3 Å². The second kappa shape index (κ2) is 9.65. The summed E-state index contributed by atoms with van der Waals surface area (Å²) in [4.78, 5) is 12.4. The maximum absolute atomic E-state index is 12.4. The molecule has 2 rings (SSSR count). The van der Waals surface area contributed by atoms with Crippen molar-refractivity contribution in [1.29, 1.82) is 0 Å². The zero-order valence-corrected chi connectivity index (χ0v) is 14.2. The summed E-state index contributed by atoms with van der Waals surface area (Å²) in [5, 5.41) is 6.72. The lowest BCUT2D eigenvalue weighted by Gasteiger charge is -2.24. The van der Waals surface area contributed by atoms with E-state index in [0.29, 0.717) is 12.6 Å². The minimum absolute atomic E-state index is 0. The van der Waals surface area contributed by atoms with Crippen LogP contribution < -0.4 is 10.6 Å². The van der Waals surface area contributed by atoms with E-state index in [4.69, 9.17) is 4.74 Å². The van der Waals surface area contributed by atoms with Gasteiger partial charge >= 0.3 is 0 Å². The molecule has 1 aliphatic heterocycles. The lowest BCUT2D eigenvalue weighted by atomic mass is 9.85. The maximum atomic E-state index is 12.4. The van der Waals surface area contributed by atoms with Gasteiger partial charge in [0.1, 0.15) is 0 Å². The molecule has 2 N–H and O–H groups in total. The number of nitrogens with one attached hydrogen (secondary N) is 2. The van der Waals surface area contributed by atoms with Gasteiger partial charge in [-0.15, -0.1) is 12.4 Å². The monoisotopic (exact) mass is 318 g/mol. The van der Waals surface area contributed by atoms with E-state index in [0.717, 1.165) is 31.6 Å². The van der Waals surface area contributed by atoms with Crippen LogP contribution in [0.5, 0.6) is 0 Å². The number of methoxy groups -OCH3 is 1. The number of unbranched alkanes of at least 4 members (excludes halogenated alkanes) is 1. The molecule has 0 aromatic rings. The molecule has 2 fully saturated rings. The van der Waals surface area contributed by atoms with Crippen LogP contribution in [0.2, 0.25) is 0 Å². The molecule has 1 saturated heterocycles. The van der Waals surface area contributed by atoms with Gasteiger partial charge in [0.2, 0.25) is 5.91 Å². The average Bonchev–Trinajstić information content (AvgIpc) is 2.89. The highest BCUT2D eigenvalue weighted by atomic mass is 35.5. The molecule has 5 heteroatoms. The summed E-state index contributed by atoms with van der Waals surface area (Å²) in [6.07, 6.45) is 9.50. The van der Waals surface area contributed by atoms with Crippen LogP contribution in [0.15, 0.2) is 0 Å². The summed E-state index contributed by atoms with van der Waals surface area (Å²) in [5.41, 5.74) is 0. The third kappa shape index (κ3) is 5.42. The van der Waals surface area contributed by atoms with E-state index in [-0.39, 0.29) is 30.4 Å². The zero-order chi connectivity index (χ0) is 14.4. The van der Waals surface area contributed by atoms with Gasteiger partial charge in [-0.3, -0.25) is 4.79 Å². The van der Waals surface area contributed by atoms with Crippen molar-refractivity contribution in [1.82, 2.24) is 10.6 Å². The standard InChI is InChI=1S/C16H30N2O2.ClH/c1-3-4-8-13(11-20-2)17-16(19)15-10-12-7-5-6-9-14(12)18-15;/h12-15,18H,3-11H2,1-2H3,(H,17,19);1H. The van der Waals surface area contributed by atoms with Crippen molar-refractivity contribution in [3.8, 4) is 0 Å². The van der Waals surface area contributed by atoms with Gasteiger partial charge < -0.3 is 15.4 Å². The Hall–Kier alpha value is -0.320. The van der Waals surface area contributed by atoms with Crippen molar-refractivity contribution in [3.05, 3.63) is 0 Å². The van der Waals surface area contributed by atoms with Crippen molar-refractivity contribution < 1.29 is 9.53 Å². The van der Waals surface area contributed by atoms with Gasteiger partial charge in [0.05, 0.1) is 18.7 Å². The molecule has 1 saturated carbocycles. The number of halogens is 1. The molecule has 0 spiro atoms. The van der Waals surface area contributed by atoms with Crippen LogP contribution in [0.25, 0.3) is 0 Å². The van der Waals surface area contributed by atoms with E-state index in [9.17, 15) is 4.79 Å². The molecule has 0 aromatic heterocycles. The number of carbonyl (C=O) groups is 1. The first-order chi connectivity index (χ1) is 9.74. The van der Waals surface area contributed by atoms with E-state index in [1.165, 1.54) is 25.7 Å². The molecule has 2 aliphatic rings. The first kappa shape index (κ1) is 18.7. The van der Waals surface area contributed by atoms with Crippen LogP contribution in [-0.4, -0.2) is 37.7 Å². The van der Waals surface area contributed by atoms with Crippen LogP contribution in [-0.2, 0) is 9.53 Å². The van der Waals surface area contributed by atoms with Gasteiger partial charge in [-0.25, -0.2) is 0 Å². The number of hydrogen-bond acceptors (Lipinski definition) is 3. The molecular formula is C16H31ClN2O2. The van der Waals surface area contributed by atoms with E-state index in [1.54, 1.807) is 7.11 Å². The molecule has 21 heavy (non-hydrogen) atoms. The third-order valence-corrected chi connectivity index (χ3v) is 4.80. The lowest BCUT2D eigenvalue weighted by Crippen LogP contribution is -2.48. The molecule has 0 radical (unpaired) electrons. The van der Waals surface area contributed by atoms with Gasteiger partial charge in [-0.1, -0.05) is 32.6 Å². The molecule has 1 amide bonds. The molecular weight excluding hydrogens is 288 g/mol. The largest absolute Gasteiger partial charge is 0.383 e. The average molecular weight is 319 g/mol. The Morgan fingerprint density at radius 1 is 1.38 bits per heavy atom. The summed E-state index contributed by atoms with van der Waals surface area (Å²) in [7, 11) is 1.70. The molecule has 124 valence electrons. The fourth-order valence-electron chi connectivity index (χ4n) is 3.67. The minimum atomic E-state index is 0. The van der Waals surface area contributed by atoms with Crippen molar-refractivity contribution in [2.24, 2.45) is 5.92 Å². The quantitative estimate of drug-likeness (QED) is 0.758. The Kier molecular flexibility index (Phi) is 8.60. The van der Waals surface area contributed by atoms with Crippen LogP contribution in [0, 0.1) is 5.92 Å². The SMILES string of the molecule is CCCCC(COC)NC(=O)C1CC2CCCCC2N1.Cl. The lowest BCUT2D eigenvalue weighted by molar-refractivity contribution is -0.124. The Balaban J connectivity index is 0.00000220. The highest BCUT2D eigenvalue weighted by molar-refractivity contribution is 5.85. The smallest absolute Gasteiger partial charge is 0.237 e. The zero-order valence-electron chi connectivity index (χ0n) is 13.4. The number of fused-ring (bicyclic) bond motifs is 1. The summed E-state index contributed by atoms with van der Waals surface area (Å²) in [5.74, 6) is 0.897. The van der Waals surface area contributed by atoms with Crippen LogP contribution >= 0.6 is 12.4 Å². The molecule has 0 bridgehead atoms. The van der Waals surface area contributed by atoms with E-state index >= 15 is 0 Å². The highest BCUT2D eigenvalue weighted by Crippen LogP contribution is 2.33. The van der Waals surface area contributed by atoms with Crippen molar-refractivity contribution in [3.63, 3.8) is 0 Å².